The second-order valence-corrected chi connectivity index (χ2v) is 7.64. The van der Waals surface area contributed by atoms with E-state index in [9.17, 15) is 8.42 Å². The van der Waals surface area contributed by atoms with E-state index in [1.165, 1.54) is 0 Å². The van der Waals surface area contributed by atoms with Gasteiger partial charge in [-0.15, -0.1) is 0 Å². The second-order valence-electron chi connectivity index (χ2n) is 5.90. The molecule has 2 aromatic carbocycles. The third-order valence-electron chi connectivity index (χ3n) is 4.09. The van der Waals surface area contributed by atoms with Gasteiger partial charge < -0.3 is 9.47 Å². The van der Waals surface area contributed by atoms with Gasteiger partial charge in [0.05, 0.1) is 19.1 Å². The minimum Gasteiger partial charge on any atom is -0.496 e. The van der Waals surface area contributed by atoms with Crippen LogP contribution < -0.4 is 14.2 Å². The highest BCUT2D eigenvalue weighted by molar-refractivity contribution is 7.89. The Morgan fingerprint density at radius 3 is 2.32 bits per heavy atom. The van der Waals surface area contributed by atoms with Crippen molar-refractivity contribution in [3.63, 3.8) is 0 Å². The molecule has 0 bridgehead atoms. The average Bonchev–Trinajstić information content (AvgIpc) is 2.60. The number of methoxy groups -OCH3 is 2. The van der Waals surface area contributed by atoms with Crippen LogP contribution in [0.5, 0.6) is 11.5 Å². The summed E-state index contributed by atoms with van der Waals surface area (Å²) in [5, 5.41) is 0. The summed E-state index contributed by atoms with van der Waals surface area (Å²) in [4.78, 5) is 0.295. The largest absolute Gasteiger partial charge is 0.496 e. The number of hydrogen-bond acceptors (Lipinski definition) is 4. The minimum absolute atomic E-state index is 0.295. The van der Waals surface area contributed by atoms with Crippen LogP contribution in [0.15, 0.2) is 41.3 Å². The number of para-hydroxylation sites is 1. The number of rotatable bonds is 8. The highest BCUT2D eigenvalue weighted by Gasteiger charge is 2.18. The molecule has 0 saturated carbocycles. The van der Waals surface area contributed by atoms with Crippen LogP contribution >= 0.6 is 0 Å². The Morgan fingerprint density at radius 1 is 0.960 bits per heavy atom. The van der Waals surface area contributed by atoms with Crippen molar-refractivity contribution in [2.45, 2.75) is 31.6 Å². The van der Waals surface area contributed by atoms with Gasteiger partial charge in [-0.05, 0) is 61.6 Å². The fourth-order valence-corrected chi connectivity index (χ4v) is 4.13. The van der Waals surface area contributed by atoms with Crippen molar-refractivity contribution < 1.29 is 17.9 Å². The zero-order valence-electron chi connectivity index (χ0n) is 15.1. The fourth-order valence-electron chi connectivity index (χ4n) is 2.75. The molecule has 0 atom stereocenters. The first-order chi connectivity index (χ1) is 11.9. The van der Waals surface area contributed by atoms with Gasteiger partial charge >= 0.3 is 0 Å². The van der Waals surface area contributed by atoms with Crippen LogP contribution in [-0.4, -0.2) is 29.2 Å². The molecule has 0 aliphatic carbocycles. The lowest BCUT2D eigenvalue weighted by atomic mass is 10.1. The van der Waals surface area contributed by atoms with E-state index in [1.54, 1.807) is 33.3 Å². The van der Waals surface area contributed by atoms with Gasteiger partial charge in [0.25, 0.3) is 0 Å². The van der Waals surface area contributed by atoms with Crippen LogP contribution in [0.2, 0.25) is 0 Å². The summed E-state index contributed by atoms with van der Waals surface area (Å²) in [5.74, 6) is 1.51. The molecular weight excluding hydrogens is 338 g/mol. The Kier molecular flexibility index (Phi) is 6.45. The SMILES string of the molecule is COc1cc(C)c(S(=O)(=O)NCCCc2ccccc2OC)cc1C. The van der Waals surface area contributed by atoms with Crippen molar-refractivity contribution in [2.75, 3.05) is 20.8 Å². The molecule has 2 aromatic rings. The summed E-state index contributed by atoms with van der Waals surface area (Å²) in [6.07, 6.45) is 1.43. The van der Waals surface area contributed by atoms with Crippen LogP contribution in [0, 0.1) is 13.8 Å². The number of aryl methyl sites for hydroxylation is 3. The molecule has 6 heteroatoms. The van der Waals surface area contributed by atoms with Gasteiger partial charge in [-0.1, -0.05) is 18.2 Å². The molecular formula is C19H25NO4S. The van der Waals surface area contributed by atoms with E-state index < -0.39 is 10.0 Å². The van der Waals surface area contributed by atoms with Gasteiger partial charge in [0.15, 0.2) is 0 Å². The lowest BCUT2D eigenvalue weighted by molar-refractivity contribution is 0.409. The van der Waals surface area contributed by atoms with Gasteiger partial charge in [0.2, 0.25) is 10.0 Å². The predicted octanol–water partition coefficient (Wildman–Crippen LogP) is 3.23. The zero-order chi connectivity index (χ0) is 18.4. The molecule has 0 fully saturated rings. The molecule has 0 amide bonds. The van der Waals surface area contributed by atoms with Crippen molar-refractivity contribution in [1.29, 1.82) is 0 Å². The van der Waals surface area contributed by atoms with Crippen molar-refractivity contribution in [3.05, 3.63) is 53.1 Å². The van der Waals surface area contributed by atoms with Crippen LogP contribution in [0.25, 0.3) is 0 Å². The third-order valence-corrected chi connectivity index (χ3v) is 5.69. The van der Waals surface area contributed by atoms with Gasteiger partial charge in [-0.3, -0.25) is 0 Å². The summed E-state index contributed by atoms with van der Waals surface area (Å²) < 4.78 is 38.4. The van der Waals surface area contributed by atoms with Crippen molar-refractivity contribution in [1.82, 2.24) is 4.72 Å². The van der Waals surface area contributed by atoms with Crippen molar-refractivity contribution in [2.24, 2.45) is 0 Å². The predicted molar refractivity (Wildman–Crippen MR) is 99.0 cm³/mol. The normalized spacial score (nSPS) is 11.4. The van der Waals surface area contributed by atoms with Gasteiger partial charge in [-0.2, -0.15) is 0 Å². The molecule has 0 unspecified atom stereocenters. The molecule has 0 aliphatic rings. The topological polar surface area (TPSA) is 64.6 Å². The summed E-state index contributed by atoms with van der Waals surface area (Å²) in [7, 11) is -0.335. The third kappa shape index (κ3) is 4.74. The van der Waals surface area contributed by atoms with Crippen LogP contribution in [0.3, 0.4) is 0 Å². The Morgan fingerprint density at radius 2 is 1.64 bits per heavy atom. The molecule has 0 spiro atoms. The maximum absolute atomic E-state index is 12.6. The van der Waals surface area contributed by atoms with E-state index >= 15 is 0 Å². The fraction of sp³-hybridized carbons (Fsp3) is 0.368. The molecule has 0 aliphatic heterocycles. The summed E-state index contributed by atoms with van der Waals surface area (Å²) in [5.41, 5.74) is 2.53. The number of hydrogen-bond donors (Lipinski definition) is 1. The molecule has 0 heterocycles. The van der Waals surface area contributed by atoms with Crippen LogP contribution in [0.1, 0.15) is 23.1 Å². The van der Waals surface area contributed by atoms with Gasteiger partial charge in [0, 0.05) is 6.54 Å². The van der Waals surface area contributed by atoms with Crippen molar-refractivity contribution >= 4 is 10.0 Å². The van der Waals surface area contributed by atoms with E-state index in [2.05, 4.69) is 4.72 Å². The maximum Gasteiger partial charge on any atom is 0.240 e. The second kappa shape index (κ2) is 8.36. The molecule has 0 radical (unpaired) electrons. The highest BCUT2D eigenvalue weighted by Crippen LogP contribution is 2.25. The first kappa shape index (κ1) is 19.3. The first-order valence-corrected chi connectivity index (χ1v) is 9.64. The van der Waals surface area contributed by atoms with Gasteiger partial charge in [-0.25, -0.2) is 13.1 Å². The van der Waals surface area contributed by atoms with E-state index in [4.69, 9.17) is 9.47 Å². The molecule has 0 aromatic heterocycles. The Labute approximate surface area is 150 Å². The van der Waals surface area contributed by atoms with Crippen LogP contribution in [0.4, 0.5) is 0 Å². The molecule has 1 N–H and O–H groups in total. The highest BCUT2D eigenvalue weighted by atomic mass is 32.2. The minimum atomic E-state index is -3.55. The molecule has 2 rings (SSSR count). The zero-order valence-corrected chi connectivity index (χ0v) is 15.9. The van der Waals surface area contributed by atoms with Crippen molar-refractivity contribution in [3.8, 4) is 11.5 Å². The van der Waals surface area contributed by atoms with E-state index in [1.807, 2.05) is 31.2 Å². The molecule has 0 saturated heterocycles. The van der Waals surface area contributed by atoms with E-state index in [-0.39, 0.29) is 0 Å². The summed E-state index contributed by atoms with van der Waals surface area (Å²) >= 11 is 0. The van der Waals surface area contributed by atoms with E-state index in [0.717, 1.165) is 23.3 Å². The summed E-state index contributed by atoms with van der Waals surface area (Å²) in [6, 6.07) is 11.2. The molecule has 136 valence electrons. The standard InChI is InChI=1S/C19H25NO4S/c1-14-13-19(15(2)12-18(14)24-4)25(21,22)20-11-7-9-16-8-5-6-10-17(16)23-3/h5-6,8,10,12-13,20H,7,9,11H2,1-4H3. The average molecular weight is 363 g/mol. The number of nitrogens with one attached hydrogen (secondary N) is 1. The Hall–Kier alpha value is -2.05. The van der Waals surface area contributed by atoms with E-state index in [0.29, 0.717) is 29.2 Å². The molecule has 25 heavy (non-hydrogen) atoms. The Bertz CT molecular complexity index is 831. The number of benzene rings is 2. The Balaban J connectivity index is 2.01. The summed E-state index contributed by atoms with van der Waals surface area (Å²) in [6.45, 7) is 3.97. The lowest BCUT2D eigenvalue weighted by Crippen LogP contribution is -2.26. The smallest absolute Gasteiger partial charge is 0.240 e. The monoisotopic (exact) mass is 363 g/mol. The van der Waals surface area contributed by atoms with Gasteiger partial charge in [0.1, 0.15) is 11.5 Å². The first-order valence-electron chi connectivity index (χ1n) is 8.16. The van der Waals surface area contributed by atoms with Crippen LogP contribution in [-0.2, 0) is 16.4 Å². The lowest BCUT2D eigenvalue weighted by Gasteiger charge is -2.13. The quantitative estimate of drug-likeness (QED) is 0.732. The number of sulfonamides is 1. The number of ether oxygens (including phenoxy) is 2. The maximum atomic E-state index is 12.6. The molecule has 5 nitrogen and oxygen atoms in total.